The Bertz CT molecular complexity index is 734. The number of para-hydroxylation sites is 1. The van der Waals surface area contributed by atoms with Crippen molar-refractivity contribution in [2.45, 2.75) is 6.61 Å². The molecule has 2 aromatic carbocycles. The lowest BCUT2D eigenvalue weighted by Gasteiger charge is -2.08. The highest BCUT2D eigenvalue weighted by Gasteiger charge is 2.14. The van der Waals surface area contributed by atoms with Gasteiger partial charge in [0.25, 0.3) is 0 Å². The summed E-state index contributed by atoms with van der Waals surface area (Å²) < 4.78 is 29.1. The molecule has 0 saturated heterocycles. The number of Topliss-reactive ketones (excluding diaryl/α,β-unsaturated/α-hetero) is 1. The average molecular weight is 299 g/mol. The van der Waals surface area contributed by atoms with Crippen molar-refractivity contribution in [2.24, 2.45) is 0 Å². The SMILES string of the molecule is N#C/C(=C\c1ccccc1OC(F)F)C(=O)c1ccccc1. The molecule has 0 unspecified atom stereocenters. The van der Waals surface area contributed by atoms with Crippen LogP contribution in [-0.2, 0) is 0 Å². The van der Waals surface area contributed by atoms with Crippen LogP contribution in [0, 0.1) is 11.3 Å². The summed E-state index contributed by atoms with van der Waals surface area (Å²) in [5, 5.41) is 9.16. The first-order valence-corrected chi connectivity index (χ1v) is 6.37. The van der Waals surface area contributed by atoms with Gasteiger partial charge in [-0.15, -0.1) is 0 Å². The van der Waals surface area contributed by atoms with Crippen molar-refractivity contribution >= 4 is 11.9 Å². The molecular formula is C17H11F2NO2. The molecule has 0 aliphatic heterocycles. The fourth-order valence-corrected chi connectivity index (χ4v) is 1.85. The average Bonchev–Trinajstić information content (AvgIpc) is 2.53. The fourth-order valence-electron chi connectivity index (χ4n) is 1.85. The summed E-state index contributed by atoms with van der Waals surface area (Å²) in [4.78, 5) is 12.2. The number of hydrogen-bond donors (Lipinski definition) is 0. The smallest absolute Gasteiger partial charge is 0.387 e. The Kier molecular flexibility index (Phi) is 4.99. The van der Waals surface area contributed by atoms with Gasteiger partial charge in [-0.25, -0.2) is 0 Å². The molecule has 5 heteroatoms. The van der Waals surface area contributed by atoms with Crippen molar-refractivity contribution in [1.29, 1.82) is 5.26 Å². The van der Waals surface area contributed by atoms with Crippen LogP contribution in [0.15, 0.2) is 60.2 Å². The quantitative estimate of drug-likeness (QED) is 0.475. The fraction of sp³-hybridized carbons (Fsp3) is 0.0588. The van der Waals surface area contributed by atoms with E-state index >= 15 is 0 Å². The Morgan fingerprint density at radius 3 is 2.36 bits per heavy atom. The van der Waals surface area contributed by atoms with Crippen molar-refractivity contribution in [3.8, 4) is 11.8 Å². The van der Waals surface area contributed by atoms with Crippen LogP contribution in [0.4, 0.5) is 8.78 Å². The molecule has 22 heavy (non-hydrogen) atoms. The third kappa shape index (κ3) is 3.76. The van der Waals surface area contributed by atoms with E-state index in [1.807, 2.05) is 0 Å². The standard InChI is InChI=1S/C17H11F2NO2/c18-17(19)22-15-9-5-4-8-13(15)10-14(11-20)16(21)12-6-2-1-3-7-12/h1-10,17H/b14-10+. The molecule has 0 aromatic heterocycles. The Hall–Kier alpha value is -3.00. The third-order valence-electron chi connectivity index (χ3n) is 2.84. The molecule has 2 aromatic rings. The van der Waals surface area contributed by atoms with E-state index in [4.69, 9.17) is 5.26 Å². The summed E-state index contributed by atoms with van der Waals surface area (Å²) in [6.45, 7) is -2.98. The van der Waals surface area contributed by atoms with E-state index in [9.17, 15) is 13.6 Å². The monoisotopic (exact) mass is 299 g/mol. The first-order chi connectivity index (χ1) is 10.6. The highest BCUT2D eigenvalue weighted by molar-refractivity contribution is 6.14. The zero-order chi connectivity index (χ0) is 15.9. The number of nitriles is 1. The van der Waals surface area contributed by atoms with Crippen molar-refractivity contribution < 1.29 is 18.3 Å². The number of carbonyl (C=O) groups excluding carboxylic acids is 1. The molecule has 0 atom stereocenters. The molecule has 2 rings (SSSR count). The Morgan fingerprint density at radius 1 is 1.09 bits per heavy atom. The van der Waals surface area contributed by atoms with Gasteiger partial charge in [-0.1, -0.05) is 48.5 Å². The summed E-state index contributed by atoms with van der Waals surface area (Å²) in [5.74, 6) is -0.568. The van der Waals surface area contributed by atoms with Gasteiger partial charge in [0.05, 0.1) is 0 Å². The van der Waals surface area contributed by atoms with Crippen molar-refractivity contribution in [1.82, 2.24) is 0 Å². The number of allylic oxidation sites excluding steroid dienone is 1. The van der Waals surface area contributed by atoms with Crippen LogP contribution in [0.3, 0.4) is 0 Å². The molecule has 0 aliphatic carbocycles. The molecule has 0 heterocycles. The maximum atomic E-state index is 12.4. The lowest BCUT2D eigenvalue weighted by atomic mass is 10.0. The van der Waals surface area contributed by atoms with Gasteiger partial charge in [-0.2, -0.15) is 14.0 Å². The molecule has 0 spiro atoms. The number of halogens is 2. The molecule has 0 radical (unpaired) electrons. The summed E-state index contributed by atoms with van der Waals surface area (Å²) in [5.41, 5.74) is 0.433. The molecule has 110 valence electrons. The Balaban J connectivity index is 2.38. The topological polar surface area (TPSA) is 50.1 Å². The molecular weight excluding hydrogens is 288 g/mol. The van der Waals surface area contributed by atoms with Crippen LogP contribution >= 0.6 is 0 Å². The second kappa shape index (κ2) is 7.14. The van der Waals surface area contributed by atoms with Crippen LogP contribution in [-0.4, -0.2) is 12.4 Å². The van der Waals surface area contributed by atoms with Gasteiger partial charge in [0.15, 0.2) is 0 Å². The molecule has 0 aliphatic rings. The van der Waals surface area contributed by atoms with Crippen molar-refractivity contribution in [3.63, 3.8) is 0 Å². The van der Waals surface area contributed by atoms with Crippen LogP contribution in [0.2, 0.25) is 0 Å². The lowest BCUT2D eigenvalue weighted by molar-refractivity contribution is -0.0499. The van der Waals surface area contributed by atoms with Gasteiger partial charge < -0.3 is 4.74 Å². The molecule has 0 bridgehead atoms. The van der Waals surface area contributed by atoms with Gasteiger partial charge >= 0.3 is 6.61 Å². The largest absolute Gasteiger partial charge is 0.434 e. The minimum Gasteiger partial charge on any atom is -0.434 e. The van der Waals surface area contributed by atoms with E-state index in [1.165, 1.54) is 24.3 Å². The van der Waals surface area contributed by atoms with Crippen LogP contribution in [0.5, 0.6) is 5.75 Å². The number of hydrogen-bond acceptors (Lipinski definition) is 3. The van der Waals surface area contributed by atoms with E-state index in [0.29, 0.717) is 5.56 Å². The first-order valence-electron chi connectivity index (χ1n) is 6.37. The maximum Gasteiger partial charge on any atom is 0.387 e. The first kappa shape index (κ1) is 15.4. The number of benzene rings is 2. The number of alkyl halides is 2. The van der Waals surface area contributed by atoms with E-state index in [0.717, 1.165) is 0 Å². The van der Waals surface area contributed by atoms with Crippen LogP contribution in [0.1, 0.15) is 15.9 Å². The van der Waals surface area contributed by atoms with Gasteiger partial charge in [0.1, 0.15) is 17.4 Å². The molecule has 0 saturated carbocycles. The number of carbonyl (C=O) groups is 1. The summed E-state index contributed by atoms with van der Waals surface area (Å²) in [7, 11) is 0. The zero-order valence-electron chi connectivity index (χ0n) is 11.4. The third-order valence-corrected chi connectivity index (χ3v) is 2.84. The zero-order valence-corrected chi connectivity index (χ0v) is 11.4. The number of ether oxygens (including phenoxy) is 1. The predicted molar refractivity (Wildman–Crippen MR) is 77.4 cm³/mol. The number of rotatable bonds is 5. The number of ketones is 1. The van der Waals surface area contributed by atoms with E-state index in [1.54, 1.807) is 42.5 Å². The summed E-state index contributed by atoms with van der Waals surface area (Å²) >= 11 is 0. The maximum absolute atomic E-state index is 12.4. The Labute approximate surface area is 126 Å². The lowest BCUT2D eigenvalue weighted by Crippen LogP contribution is -2.04. The van der Waals surface area contributed by atoms with Crippen LogP contribution in [0.25, 0.3) is 6.08 Å². The van der Waals surface area contributed by atoms with E-state index in [-0.39, 0.29) is 16.9 Å². The summed E-state index contributed by atoms with van der Waals surface area (Å²) in [6.07, 6.45) is 1.24. The summed E-state index contributed by atoms with van der Waals surface area (Å²) in [6, 6.07) is 16.0. The molecule has 0 amide bonds. The van der Waals surface area contributed by atoms with Crippen LogP contribution < -0.4 is 4.74 Å². The van der Waals surface area contributed by atoms with Crippen molar-refractivity contribution in [3.05, 3.63) is 71.3 Å². The highest BCUT2D eigenvalue weighted by atomic mass is 19.3. The van der Waals surface area contributed by atoms with E-state index in [2.05, 4.69) is 4.74 Å². The normalized spacial score (nSPS) is 11.1. The highest BCUT2D eigenvalue weighted by Crippen LogP contribution is 2.23. The van der Waals surface area contributed by atoms with Gasteiger partial charge in [0.2, 0.25) is 5.78 Å². The minimum atomic E-state index is -2.98. The molecule has 0 fully saturated rings. The second-order valence-corrected chi connectivity index (χ2v) is 4.28. The number of nitrogens with zero attached hydrogens (tertiary/aromatic N) is 1. The predicted octanol–water partition coefficient (Wildman–Crippen LogP) is 4.08. The van der Waals surface area contributed by atoms with E-state index < -0.39 is 12.4 Å². The molecule has 0 N–H and O–H groups in total. The minimum absolute atomic E-state index is 0.0916. The van der Waals surface area contributed by atoms with Gasteiger partial charge in [-0.3, -0.25) is 4.79 Å². The molecule has 3 nitrogen and oxygen atoms in total. The van der Waals surface area contributed by atoms with Gasteiger partial charge in [-0.05, 0) is 12.1 Å². The van der Waals surface area contributed by atoms with Crippen molar-refractivity contribution in [2.75, 3.05) is 0 Å². The van der Waals surface area contributed by atoms with Gasteiger partial charge in [0, 0.05) is 11.1 Å². The Morgan fingerprint density at radius 2 is 1.73 bits per heavy atom. The second-order valence-electron chi connectivity index (χ2n) is 4.28.